The number of sulfone groups is 1. The Bertz CT molecular complexity index is 712. The van der Waals surface area contributed by atoms with Gasteiger partial charge in [0.25, 0.3) is 0 Å². The molecule has 0 aliphatic carbocycles. The maximum absolute atomic E-state index is 11.5. The zero-order chi connectivity index (χ0) is 15.5. The highest BCUT2D eigenvalue weighted by Crippen LogP contribution is 2.23. The third kappa shape index (κ3) is 4.03. The summed E-state index contributed by atoms with van der Waals surface area (Å²) in [7, 11) is -1.37. The molecule has 1 heterocycles. The van der Waals surface area contributed by atoms with E-state index in [1.807, 2.05) is 20.0 Å². The fraction of sp³-hybridized carbons (Fsp3) is 0.267. The number of rotatable bonds is 5. The molecule has 0 aliphatic rings. The molecule has 1 atom stereocenters. The van der Waals surface area contributed by atoms with Gasteiger partial charge in [-0.05, 0) is 37.7 Å². The van der Waals surface area contributed by atoms with Gasteiger partial charge >= 0.3 is 0 Å². The first-order valence-corrected chi connectivity index (χ1v) is 8.40. The number of hydrogen-bond donors (Lipinski definition) is 1. The third-order valence-electron chi connectivity index (χ3n) is 3.15. The summed E-state index contributed by atoms with van der Waals surface area (Å²) in [5.74, 6) is 0.868. The third-order valence-corrected chi connectivity index (χ3v) is 4.26. The molecular weight excluding hydrogens is 288 g/mol. The van der Waals surface area contributed by atoms with Crippen LogP contribution in [0.4, 0.5) is 0 Å². The van der Waals surface area contributed by atoms with Gasteiger partial charge in [-0.2, -0.15) is 0 Å². The average Bonchev–Trinajstić information content (AvgIpc) is 2.47. The highest BCUT2D eigenvalue weighted by atomic mass is 32.2. The predicted molar refractivity (Wildman–Crippen MR) is 81.3 cm³/mol. The van der Waals surface area contributed by atoms with Gasteiger partial charge in [0, 0.05) is 24.6 Å². The van der Waals surface area contributed by atoms with E-state index >= 15 is 0 Å². The molecule has 0 saturated heterocycles. The van der Waals surface area contributed by atoms with Crippen molar-refractivity contribution in [3.05, 3.63) is 48.2 Å². The van der Waals surface area contributed by atoms with Crippen LogP contribution in [0, 0.1) is 0 Å². The van der Waals surface area contributed by atoms with Crippen LogP contribution in [0.25, 0.3) is 0 Å². The summed E-state index contributed by atoms with van der Waals surface area (Å²) in [5, 5.41) is 3.13. The molecule has 5 nitrogen and oxygen atoms in total. The first kappa shape index (κ1) is 15.5. The van der Waals surface area contributed by atoms with E-state index in [2.05, 4.69) is 10.3 Å². The van der Waals surface area contributed by atoms with Crippen molar-refractivity contribution in [1.29, 1.82) is 0 Å². The highest BCUT2D eigenvalue weighted by molar-refractivity contribution is 7.90. The molecule has 1 aromatic carbocycles. The Morgan fingerprint density at radius 2 is 2.00 bits per heavy atom. The quantitative estimate of drug-likeness (QED) is 0.919. The Morgan fingerprint density at radius 1 is 1.24 bits per heavy atom. The fourth-order valence-electron chi connectivity index (χ4n) is 1.76. The molecule has 0 fully saturated rings. The van der Waals surface area contributed by atoms with Gasteiger partial charge in [-0.15, -0.1) is 0 Å². The first-order valence-electron chi connectivity index (χ1n) is 6.51. The van der Waals surface area contributed by atoms with Crippen molar-refractivity contribution in [2.75, 3.05) is 13.3 Å². The Morgan fingerprint density at radius 3 is 2.57 bits per heavy atom. The molecule has 0 saturated carbocycles. The van der Waals surface area contributed by atoms with Crippen LogP contribution in [0.2, 0.25) is 0 Å². The standard InChI is InChI=1S/C15H18N2O3S/c1-11(16-2)12-7-8-15(17-10-12)20-13-5-4-6-14(9-13)21(3,18)19/h4-11,16H,1-3H3. The van der Waals surface area contributed by atoms with Crippen molar-refractivity contribution in [3.8, 4) is 11.6 Å². The number of ether oxygens (including phenoxy) is 1. The van der Waals surface area contributed by atoms with Crippen LogP contribution >= 0.6 is 0 Å². The van der Waals surface area contributed by atoms with E-state index in [1.165, 1.54) is 12.1 Å². The van der Waals surface area contributed by atoms with Crippen LogP contribution in [-0.2, 0) is 9.84 Å². The van der Waals surface area contributed by atoms with Gasteiger partial charge in [-0.25, -0.2) is 13.4 Å². The lowest BCUT2D eigenvalue weighted by Gasteiger charge is -2.11. The highest BCUT2D eigenvalue weighted by Gasteiger charge is 2.09. The average molecular weight is 306 g/mol. The molecule has 2 rings (SSSR count). The second-order valence-electron chi connectivity index (χ2n) is 4.79. The van der Waals surface area contributed by atoms with E-state index in [0.717, 1.165) is 11.8 Å². The van der Waals surface area contributed by atoms with E-state index in [1.54, 1.807) is 24.4 Å². The molecule has 6 heteroatoms. The SMILES string of the molecule is CNC(C)c1ccc(Oc2cccc(S(C)(=O)=O)c2)nc1. The predicted octanol–water partition coefficient (Wildman–Crippen LogP) is 2.56. The zero-order valence-corrected chi connectivity index (χ0v) is 13.0. The minimum atomic E-state index is -3.25. The van der Waals surface area contributed by atoms with Crippen molar-refractivity contribution >= 4 is 9.84 Å². The summed E-state index contributed by atoms with van der Waals surface area (Å²) in [6.45, 7) is 2.03. The molecule has 0 bridgehead atoms. The van der Waals surface area contributed by atoms with Gasteiger partial charge in [0.15, 0.2) is 9.84 Å². The van der Waals surface area contributed by atoms with Crippen molar-refractivity contribution < 1.29 is 13.2 Å². The van der Waals surface area contributed by atoms with Crippen LogP contribution in [0.15, 0.2) is 47.5 Å². The van der Waals surface area contributed by atoms with Gasteiger partial charge in [0.05, 0.1) is 4.90 Å². The summed E-state index contributed by atoms with van der Waals surface area (Å²) in [6.07, 6.45) is 2.90. The van der Waals surface area contributed by atoms with Crippen LogP contribution in [0.1, 0.15) is 18.5 Å². The fourth-order valence-corrected chi connectivity index (χ4v) is 2.42. The monoisotopic (exact) mass is 306 g/mol. The van der Waals surface area contributed by atoms with Gasteiger partial charge in [-0.1, -0.05) is 12.1 Å². The maximum Gasteiger partial charge on any atom is 0.219 e. The Labute approximate surface area is 124 Å². The summed E-state index contributed by atoms with van der Waals surface area (Å²) in [4.78, 5) is 4.45. The van der Waals surface area contributed by atoms with Crippen molar-refractivity contribution in [1.82, 2.24) is 10.3 Å². The molecule has 112 valence electrons. The van der Waals surface area contributed by atoms with E-state index in [0.29, 0.717) is 11.6 Å². The number of aromatic nitrogens is 1. The number of nitrogens with zero attached hydrogens (tertiary/aromatic N) is 1. The van der Waals surface area contributed by atoms with Gasteiger partial charge < -0.3 is 10.1 Å². The lowest BCUT2D eigenvalue weighted by molar-refractivity contribution is 0.460. The van der Waals surface area contributed by atoms with Gasteiger partial charge in [0.2, 0.25) is 5.88 Å². The second kappa shape index (κ2) is 6.24. The maximum atomic E-state index is 11.5. The van der Waals surface area contributed by atoms with Crippen molar-refractivity contribution in [3.63, 3.8) is 0 Å². The summed E-state index contributed by atoms with van der Waals surface area (Å²) >= 11 is 0. The zero-order valence-electron chi connectivity index (χ0n) is 12.2. The number of benzene rings is 1. The lowest BCUT2D eigenvalue weighted by Crippen LogP contribution is -2.12. The molecular formula is C15H18N2O3S. The van der Waals surface area contributed by atoms with Crippen LogP contribution in [0.5, 0.6) is 11.6 Å². The minimum Gasteiger partial charge on any atom is -0.439 e. The summed E-state index contributed by atoms with van der Waals surface area (Å²) in [6, 6.07) is 10.2. The van der Waals surface area contributed by atoms with Crippen LogP contribution < -0.4 is 10.1 Å². The summed E-state index contributed by atoms with van der Waals surface area (Å²) in [5.41, 5.74) is 1.05. The molecule has 0 aliphatic heterocycles. The van der Waals surface area contributed by atoms with Crippen molar-refractivity contribution in [2.45, 2.75) is 17.9 Å². The van der Waals surface area contributed by atoms with E-state index in [-0.39, 0.29) is 10.9 Å². The smallest absolute Gasteiger partial charge is 0.219 e. The molecule has 0 amide bonds. The Hall–Kier alpha value is -1.92. The van der Waals surface area contributed by atoms with E-state index in [9.17, 15) is 8.42 Å². The Balaban J connectivity index is 2.19. The first-order chi connectivity index (χ1) is 9.90. The lowest BCUT2D eigenvalue weighted by atomic mass is 10.1. The topological polar surface area (TPSA) is 68.3 Å². The number of nitrogens with one attached hydrogen (secondary N) is 1. The largest absolute Gasteiger partial charge is 0.439 e. The van der Waals surface area contributed by atoms with Gasteiger partial charge in [-0.3, -0.25) is 0 Å². The second-order valence-corrected chi connectivity index (χ2v) is 6.80. The minimum absolute atomic E-state index is 0.208. The van der Waals surface area contributed by atoms with Crippen LogP contribution in [-0.4, -0.2) is 26.7 Å². The molecule has 1 aromatic heterocycles. The molecule has 2 aromatic rings. The molecule has 1 unspecified atom stereocenters. The summed E-state index contributed by atoms with van der Waals surface area (Å²) < 4.78 is 28.6. The van der Waals surface area contributed by atoms with E-state index < -0.39 is 9.84 Å². The van der Waals surface area contributed by atoms with E-state index in [4.69, 9.17) is 4.74 Å². The van der Waals surface area contributed by atoms with Crippen LogP contribution in [0.3, 0.4) is 0 Å². The normalized spacial score (nSPS) is 12.9. The van der Waals surface area contributed by atoms with Gasteiger partial charge in [0.1, 0.15) is 5.75 Å². The number of hydrogen-bond acceptors (Lipinski definition) is 5. The molecule has 0 spiro atoms. The molecule has 1 N–H and O–H groups in total. The molecule has 0 radical (unpaired) electrons. The molecule has 21 heavy (non-hydrogen) atoms. The van der Waals surface area contributed by atoms with Crippen molar-refractivity contribution in [2.24, 2.45) is 0 Å². The number of pyridine rings is 1. The Kier molecular flexibility index (Phi) is 4.59.